The first kappa shape index (κ1) is 15.7. The topological polar surface area (TPSA) is 51.9 Å². The number of ether oxygens (including phenoxy) is 2. The molecule has 0 N–H and O–H groups in total. The van der Waals surface area contributed by atoms with Crippen LogP contribution in [0, 0.1) is 6.92 Å². The lowest BCUT2D eigenvalue weighted by Crippen LogP contribution is -2.31. The Morgan fingerprint density at radius 1 is 1.20 bits per heavy atom. The molecule has 0 atom stereocenters. The summed E-state index contributed by atoms with van der Waals surface area (Å²) in [5.74, 6) is 1.62. The lowest BCUT2D eigenvalue weighted by molar-refractivity contribution is 0.0889. The summed E-state index contributed by atoms with van der Waals surface area (Å²) in [7, 11) is 1.66. The van der Waals surface area contributed by atoms with E-state index in [1.54, 1.807) is 7.11 Å². The molecule has 128 valence electrons. The van der Waals surface area contributed by atoms with Gasteiger partial charge in [-0.1, -0.05) is 12.1 Å². The van der Waals surface area contributed by atoms with Gasteiger partial charge in [-0.15, -0.1) is 0 Å². The number of aryl methyl sites for hydroxylation is 1. The molecule has 4 rings (SSSR count). The zero-order chi connectivity index (χ0) is 17.4. The van der Waals surface area contributed by atoms with Gasteiger partial charge in [0.25, 0.3) is 0 Å². The molecule has 1 aliphatic rings. The van der Waals surface area contributed by atoms with Gasteiger partial charge in [0.15, 0.2) is 0 Å². The number of hydrogen-bond donors (Lipinski definition) is 0. The van der Waals surface area contributed by atoms with E-state index in [-0.39, 0.29) is 5.63 Å². The fourth-order valence-electron chi connectivity index (χ4n) is 3.27. The summed E-state index contributed by atoms with van der Waals surface area (Å²) < 4.78 is 16.7. The van der Waals surface area contributed by atoms with Crippen LogP contribution in [-0.4, -0.2) is 18.7 Å². The Labute approximate surface area is 145 Å². The Hall–Kier alpha value is -2.79. The molecule has 0 bridgehead atoms. The van der Waals surface area contributed by atoms with Crippen LogP contribution in [0.1, 0.15) is 16.7 Å². The predicted molar refractivity (Wildman–Crippen MR) is 95.0 cm³/mol. The standard InChI is InChI=1S/C20H19NO4/c1-13-8-19(22)25-20-16(13)6-7-18-17(20)11-21(12-24-18)10-14-4-3-5-15(9-14)23-2/h3-9H,10-12H2,1-2H3. The van der Waals surface area contributed by atoms with Crippen LogP contribution in [-0.2, 0) is 13.1 Å². The molecule has 0 saturated heterocycles. The Balaban J connectivity index is 1.68. The molecule has 0 radical (unpaired) electrons. The molecule has 1 aliphatic heterocycles. The maximum atomic E-state index is 11.8. The number of rotatable bonds is 3. The predicted octanol–water partition coefficient (Wildman–Crippen LogP) is 3.46. The van der Waals surface area contributed by atoms with E-state index in [4.69, 9.17) is 13.9 Å². The summed E-state index contributed by atoms with van der Waals surface area (Å²) in [6.45, 7) is 3.80. The van der Waals surface area contributed by atoms with E-state index in [2.05, 4.69) is 11.0 Å². The highest BCUT2D eigenvalue weighted by Gasteiger charge is 2.22. The minimum absolute atomic E-state index is 0.330. The van der Waals surface area contributed by atoms with Crippen molar-refractivity contribution >= 4 is 11.0 Å². The van der Waals surface area contributed by atoms with Gasteiger partial charge in [-0.25, -0.2) is 4.79 Å². The molecule has 0 saturated carbocycles. The second-order valence-electron chi connectivity index (χ2n) is 6.28. The molecule has 5 nitrogen and oxygen atoms in total. The van der Waals surface area contributed by atoms with Crippen molar-refractivity contribution in [1.29, 1.82) is 0 Å². The van der Waals surface area contributed by atoms with Gasteiger partial charge in [-0.05, 0) is 42.3 Å². The molecule has 0 aliphatic carbocycles. The Morgan fingerprint density at radius 2 is 2.08 bits per heavy atom. The van der Waals surface area contributed by atoms with Gasteiger partial charge in [0.05, 0.1) is 12.7 Å². The minimum atomic E-state index is -0.330. The molecule has 1 aromatic heterocycles. The quantitative estimate of drug-likeness (QED) is 0.685. The fourth-order valence-corrected chi connectivity index (χ4v) is 3.27. The average Bonchev–Trinajstić information content (AvgIpc) is 2.61. The summed E-state index contributed by atoms with van der Waals surface area (Å²) in [6, 6.07) is 13.4. The van der Waals surface area contributed by atoms with Gasteiger partial charge >= 0.3 is 5.63 Å². The van der Waals surface area contributed by atoms with E-state index < -0.39 is 0 Å². The number of fused-ring (bicyclic) bond motifs is 3. The van der Waals surface area contributed by atoms with Crippen LogP contribution in [0.2, 0.25) is 0 Å². The van der Waals surface area contributed by atoms with E-state index in [1.165, 1.54) is 6.07 Å². The molecule has 2 heterocycles. The number of nitrogens with zero attached hydrogens (tertiary/aromatic N) is 1. The molecular formula is C20H19NO4. The Kier molecular flexibility index (Phi) is 3.93. The van der Waals surface area contributed by atoms with E-state index >= 15 is 0 Å². The van der Waals surface area contributed by atoms with Crippen LogP contribution < -0.4 is 15.1 Å². The van der Waals surface area contributed by atoms with Crippen LogP contribution in [0.3, 0.4) is 0 Å². The van der Waals surface area contributed by atoms with Gasteiger partial charge in [0.1, 0.15) is 23.8 Å². The van der Waals surface area contributed by atoms with Crippen molar-refractivity contribution in [1.82, 2.24) is 4.90 Å². The average molecular weight is 337 g/mol. The summed E-state index contributed by atoms with van der Waals surface area (Å²) in [6.07, 6.45) is 0. The van der Waals surface area contributed by atoms with Crippen molar-refractivity contribution < 1.29 is 13.9 Å². The fraction of sp³-hybridized carbons (Fsp3) is 0.250. The molecule has 0 spiro atoms. The highest BCUT2D eigenvalue weighted by molar-refractivity contribution is 5.85. The van der Waals surface area contributed by atoms with Crippen LogP contribution in [0.5, 0.6) is 11.5 Å². The van der Waals surface area contributed by atoms with Gasteiger partial charge in [-0.2, -0.15) is 0 Å². The lowest BCUT2D eigenvalue weighted by atomic mass is 10.0. The molecule has 3 aromatic rings. The summed E-state index contributed by atoms with van der Waals surface area (Å²) in [5.41, 5.74) is 3.27. The highest BCUT2D eigenvalue weighted by Crippen LogP contribution is 2.33. The lowest BCUT2D eigenvalue weighted by Gasteiger charge is -2.29. The monoisotopic (exact) mass is 337 g/mol. The van der Waals surface area contributed by atoms with Gasteiger partial charge in [0, 0.05) is 24.5 Å². The van der Waals surface area contributed by atoms with E-state index in [9.17, 15) is 4.79 Å². The smallest absolute Gasteiger partial charge is 0.336 e. The van der Waals surface area contributed by atoms with Crippen molar-refractivity contribution in [3.63, 3.8) is 0 Å². The van der Waals surface area contributed by atoms with Crippen LogP contribution in [0.15, 0.2) is 51.7 Å². The van der Waals surface area contributed by atoms with Crippen molar-refractivity contribution in [3.05, 3.63) is 69.6 Å². The normalized spacial score (nSPS) is 14.2. The maximum Gasteiger partial charge on any atom is 0.336 e. The minimum Gasteiger partial charge on any atom is -0.497 e. The van der Waals surface area contributed by atoms with E-state index in [1.807, 2.05) is 37.3 Å². The first-order chi connectivity index (χ1) is 12.1. The SMILES string of the molecule is COc1cccc(CN2COc3ccc4c(C)cc(=O)oc4c3C2)c1. The largest absolute Gasteiger partial charge is 0.497 e. The number of benzene rings is 2. The molecule has 0 unspecified atom stereocenters. The number of hydrogen-bond acceptors (Lipinski definition) is 5. The molecule has 0 fully saturated rings. The third-order valence-corrected chi connectivity index (χ3v) is 4.50. The summed E-state index contributed by atoms with van der Waals surface area (Å²) in [4.78, 5) is 14.0. The van der Waals surface area contributed by atoms with Crippen molar-refractivity contribution in [2.75, 3.05) is 13.8 Å². The van der Waals surface area contributed by atoms with Gasteiger partial charge in [-0.3, -0.25) is 4.90 Å². The second kappa shape index (κ2) is 6.26. The summed E-state index contributed by atoms with van der Waals surface area (Å²) >= 11 is 0. The Morgan fingerprint density at radius 3 is 2.92 bits per heavy atom. The van der Waals surface area contributed by atoms with Crippen molar-refractivity contribution in [3.8, 4) is 11.5 Å². The zero-order valence-corrected chi connectivity index (χ0v) is 14.2. The zero-order valence-electron chi connectivity index (χ0n) is 14.2. The first-order valence-corrected chi connectivity index (χ1v) is 8.18. The van der Waals surface area contributed by atoms with Gasteiger partial charge in [0.2, 0.25) is 0 Å². The molecular weight excluding hydrogens is 318 g/mol. The van der Waals surface area contributed by atoms with Gasteiger partial charge < -0.3 is 13.9 Å². The van der Waals surface area contributed by atoms with Crippen LogP contribution >= 0.6 is 0 Å². The Bertz CT molecular complexity index is 993. The van der Waals surface area contributed by atoms with Crippen molar-refractivity contribution in [2.45, 2.75) is 20.0 Å². The molecule has 25 heavy (non-hydrogen) atoms. The first-order valence-electron chi connectivity index (χ1n) is 8.18. The van der Waals surface area contributed by atoms with E-state index in [0.717, 1.165) is 40.1 Å². The van der Waals surface area contributed by atoms with Crippen molar-refractivity contribution in [2.24, 2.45) is 0 Å². The molecule has 2 aromatic carbocycles. The third-order valence-electron chi connectivity index (χ3n) is 4.50. The van der Waals surface area contributed by atoms with Crippen LogP contribution in [0.4, 0.5) is 0 Å². The summed E-state index contributed by atoms with van der Waals surface area (Å²) in [5, 5.41) is 0.949. The third kappa shape index (κ3) is 2.98. The maximum absolute atomic E-state index is 11.8. The van der Waals surface area contributed by atoms with Crippen LogP contribution in [0.25, 0.3) is 11.0 Å². The second-order valence-corrected chi connectivity index (χ2v) is 6.28. The number of methoxy groups -OCH3 is 1. The molecule has 5 heteroatoms. The van der Waals surface area contributed by atoms with E-state index in [0.29, 0.717) is 18.9 Å². The molecule has 0 amide bonds. The highest BCUT2D eigenvalue weighted by atomic mass is 16.5.